The second kappa shape index (κ2) is 10.3. The number of carbonyl (C=O) groups excluding carboxylic acids is 1. The molecule has 4 aromatic heterocycles. The Hall–Kier alpha value is -4.45. The van der Waals surface area contributed by atoms with E-state index in [0.717, 1.165) is 19.3 Å². The number of ether oxygens (including phenoxy) is 2. The van der Waals surface area contributed by atoms with E-state index in [1.54, 1.807) is 68.5 Å². The van der Waals surface area contributed by atoms with E-state index in [0.29, 0.717) is 40.1 Å². The number of fused-ring (bicyclic) bond motifs is 1. The lowest BCUT2D eigenvalue weighted by Gasteiger charge is -2.13. The lowest BCUT2D eigenvalue weighted by Crippen LogP contribution is -2.33. The number of aromatic nitrogens is 5. The molecule has 12 heteroatoms. The number of pyridine rings is 2. The molecule has 0 saturated heterocycles. The van der Waals surface area contributed by atoms with Gasteiger partial charge in [-0.05, 0) is 43.5 Å². The van der Waals surface area contributed by atoms with Gasteiger partial charge >= 0.3 is 0 Å². The number of nitrogens with zero attached hydrogens (tertiary/aromatic N) is 5. The first-order chi connectivity index (χ1) is 18.0. The van der Waals surface area contributed by atoms with Crippen LogP contribution in [0.4, 0.5) is 17.3 Å². The van der Waals surface area contributed by atoms with Crippen LogP contribution in [0.1, 0.15) is 29.6 Å². The highest BCUT2D eigenvalue weighted by Crippen LogP contribution is 2.24. The molecule has 37 heavy (non-hydrogen) atoms. The van der Waals surface area contributed by atoms with Crippen LogP contribution < -0.4 is 26.2 Å². The summed E-state index contributed by atoms with van der Waals surface area (Å²) in [4.78, 5) is 35.2. The molecule has 0 aromatic carbocycles. The van der Waals surface area contributed by atoms with Gasteiger partial charge in [-0.1, -0.05) is 0 Å². The van der Waals surface area contributed by atoms with Crippen LogP contribution in [0.2, 0.25) is 0 Å². The van der Waals surface area contributed by atoms with Crippen molar-refractivity contribution >= 4 is 28.9 Å². The average molecular weight is 505 g/mol. The van der Waals surface area contributed by atoms with Gasteiger partial charge in [-0.3, -0.25) is 14.2 Å². The number of hydrogen-bond donors (Lipinski definition) is 3. The number of hydrogen-bond acceptors (Lipinski definition) is 9. The van der Waals surface area contributed by atoms with Gasteiger partial charge in [0.15, 0.2) is 5.65 Å². The van der Waals surface area contributed by atoms with Gasteiger partial charge in [0.2, 0.25) is 0 Å². The Balaban J connectivity index is 1.44. The van der Waals surface area contributed by atoms with Gasteiger partial charge in [-0.25, -0.2) is 9.97 Å². The summed E-state index contributed by atoms with van der Waals surface area (Å²) in [6.45, 7) is 0. The average Bonchev–Trinajstić information content (AvgIpc) is 3.56. The van der Waals surface area contributed by atoms with Crippen molar-refractivity contribution in [1.29, 1.82) is 0 Å². The maximum atomic E-state index is 13.2. The molecule has 0 aliphatic heterocycles. The second-order valence-corrected chi connectivity index (χ2v) is 8.69. The minimum absolute atomic E-state index is 0.0341. The fourth-order valence-corrected chi connectivity index (χ4v) is 4.46. The summed E-state index contributed by atoms with van der Waals surface area (Å²) in [6, 6.07) is 8.57. The molecule has 1 aliphatic rings. The van der Waals surface area contributed by atoms with Crippen LogP contribution in [0.3, 0.4) is 0 Å². The van der Waals surface area contributed by atoms with E-state index in [1.807, 2.05) is 0 Å². The Bertz CT molecular complexity index is 1480. The molecule has 1 saturated carbocycles. The van der Waals surface area contributed by atoms with Gasteiger partial charge in [0.05, 0.1) is 25.6 Å². The molecule has 0 unspecified atom stereocenters. The summed E-state index contributed by atoms with van der Waals surface area (Å²) in [5, 5.41) is 13.6. The highest BCUT2D eigenvalue weighted by Gasteiger charge is 2.27. The van der Waals surface area contributed by atoms with Gasteiger partial charge in [0.1, 0.15) is 34.5 Å². The molecule has 5 rings (SSSR count). The third-order valence-electron chi connectivity index (χ3n) is 6.44. The molecule has 3 N–H and O–H groups in total. The van der Waals surface area contributed by atoms with E-state index in [-0.39, 0.29) is 23.6 Å². The number of nitrogens with one attached hydrogen (secondary N) is 3. The lowest BCUT2D eigenvalue weighted by molar-refractivity contribution is 0.0916. The molecule has 1 fully saturated rings. The van der Waals surface area contributed by atoms with Crippen molar-refractivity contribution in [3.8, 4) is 11.6 Å². The van der Waals surface area contributed by atoms with Crippen molar-refractivity contribution in [3.63, 3.8) is 0 Å². The zero-order chi connectivity index (χ0) is 25.9. The second-order valence-electron chi connectivity index (χ2n) is 8.69. The standard InChI is InChI=1S/C25H28N8O4/c1-26-22-12-20(30-19-5-4-10-32(25(19)35)21-9-8-17(37-3)13-27-21)31-23-18(14-28-33(22)23)24(34)29-15-6-7-16(11-15)36-2/h4-5,8-10,12-16,26H,6-7,11H2,1-3H3,(H,29,34)(H,30,31)/t15-,16-/m1/s1. The summed E-state index contributed by atoms with van der Waals surface area (Å²) in [5.41, 5.74) is 0.685. The van der Waals surface area contributed by atoms with E-state index in [4.69, 9.17) is 9.47 Å². The SMILES string of the molecule is CNc1cc(Nc2cccn(-c3ccc(OC)cn3)c2=O)nc2c(C(=O)N[C@@H]3CC[C@@H](OC)C3)cnn12. The first-order valence-electron chi connectivity index (χ1n) is 11.9. The maximum absolute atomic E-state index is 13.2. The Morgan fingerprint density at radius 2 is 2.03 bits per heavy atom. The maximum Gasteiger partial charge on any atom is 0.279 e. The topological polar surface area (TPSA) is 137 Å². The largest absolute Gasteiger partial charge is 0.495 e. The molecule has 1 amide bonds. The fraction of sp³-hybridized carbons (Fsp3) is 0.320. The van der Waals surface area contributed by atoms with E-state index in [2.05, 4.69) is 31.0 Å². The van der Waals surface area contributed by atoms with Crippen LogP contribution >= 0.6 is 0 Å². The van der Waals surface area contributed by atoms with Gasteiger partial charge in [0.25, 0.3) is 11.5 Å². The monoisotopic (exact) mass is 504 g/mol. The van der Waals surface area contributed by atoms with Crippen LogP contribution in [0.15, 0.2) is 53.7 Å². The first-order valence-corrected chi connectivity index (χ1v) is 11.9. The summed E-state index contributed by atoms with van der Waals surface area (Å²) in [5.74, 6) is 1.77. The van der Waals surface area contributed by atoms with Crippen LogP contribution in [0.25, 0.3) is 11.5 Å². The molecule has 0 radical (unpaired) electrons. The quantitative estimate of drug-likeness (QED) is 0.330. The molecular weight excluding hydrogens is 476 g/mol. The van der Waals surface area contributed by atoms with Gasteiger partial charge in [-0.15, -0.1) is 0 Å². The molecule has 2 atom stereocenters. The minimum Gasteiger partial charge on any atom is -0.495 e. The zero-order valence-electron chi connectivity index (χ0n) is 20.8. The van der Waals surface area contributed by atoms with E-state index >= 15 is 0 Å². The molecule has 0 bridgehead atoms. The number of anilines is 3. The highest BCUT2D eigenvalue weighted by atomic mass is 16.5. The Labute approximate surface area is 212 Å². The van der Waals surface area contributed by atoms with Crippen LogP contribution in [-0.2, 0) is 4.74 Å². The Morgan fingerprint density at radius 3 is 2.73 bits per heavy atom. The predicted molar refractivity (Wildman–Crippen MR) is 138 cm³/mol. The molecule has 192 valence electrons. The van der Waals surface area contributed by atoms with E-state index in [1.165, 1.54) is 10.8 Å². The van der Waals surface area contributed by atoms with Crippen molar-refractivity contribution < 1.29 is 14.3 Å². The Kier molecular flexibility index (Phi) is 6.73. The van der Waals surface area contributed by atoms with Crippen LogP contribution in [0.5, 0.6) is 5.75 Å². The highest BCUT2D eigenvalue weighted by molar-refractivity contribution is 6.00. The van der Waals surface area contributed by atoms with Crippen molar-refractivity contribution in [2.24, 2.45) is 0 Å². The normalized spacial score (nSPS) is 17.1. The molecule has 1 aliphatic carbocycles. The molecule has 4 aromatic rings. The van der Waals surface area contributed by atoms with E-state index in [9.17, 15) is 9.59 Å². The minimum atomic E-state index is -0.312. The number of amides is 1. The third-order valence-corrected chi connectivity index (χ3v) is 6.44. The molecular formula is C25H28N8O4. The molecule has 4 heterocycles. The van der Waals surface area contributed by atoms with Crippen LogP contribution in [0, 0.1) is 0 Å². The summed E-state index contributed by atoms with van der Waals surface area (Å²) in [6.07, 6.45) is 7.37. The summed E-state index contributed by atoms with van der Waals surface area (Å²) in [7, 11) is 4.98. The van der Waals surface area contributed by atoms with Gasteiger partial charge in [0, 0.05) is 32.5 Å². The number of carbonyl (C=O) groups is 1. The van der Waals surface area contributed by atoms with Crippen molar-refractivity contribution in [3.05, 3.63) is 64.8 Å². The van der Waals surface area contributed by atoms with Gasteiger partial charge < -0.3 is 25.4 Å². The Morgan fingerprint density at radius 1 is 1.16 bits per heavy atom. The third kappa shape index (κ3) is 4.83. The van der Waals surface area contributed by atoms with E-state index < -0.39 is 0 Å². The zero-order valence-corrected chi connectivity index (χ0v) is 20.8. The van der Waals surface area contributed by atoms with Crippen molar-refractivity contribution in [2.75, 3.05) is 31.9 Å². The smallest absolute Gasteiger partial charge is 0.279 e. The van der Waals surface area contributed by atoms with Crippen molar-refractivity contribution in [1.82, 2.24) is 29.5 Å². The summed E-state index contributed by atoms with van der Waals surface area (Å²) >= 11 is 0. The van der Waals surface area contributed by atoms with Crippen LogP contribution in [-0.4, -0.2) is 63.5 Å². The van der Waals surface area contributed by atoms with Gasteiger partial charge in [-0.2, -0.15) is 9.61 Å². The molecule has 12 nitrogen and oxygen atoms in total. The van der Waals surface area contributed by atoms with Crippen molar-refractivity contribution in [2.45, 2.75) is 31.4 Å². The lowest BCUT2D eigenvalue weighted by atomic mass is 10.2. The first kappa shape index (κ1) is 24.3. The number of methoxy groups -OCH3 is 2. The summed E-state index contributed by atoms with van der Waals surface area (Å²) < 4.78 is 13.5. The number of rotatable bonds is 8. The fourth-order valence-electron chi connectivity index (χ4n) is 4.46. The predicted octanol–water partition coefficient (Wildman–Crippen LogP) is 2.37. The molecule has 0 spiro atoms.